The first-order valence-corrected chi connectivity index (χ1v) is 12.1. The van der Waals surface area contributed by atoms with E-state index in [4.69, 9.17) is 4.74 Å². The van der Waals surface area contributed by atoms with E-state index >= 15 is 0 Å². The van der Waals surface area contributed by atoms with Gasteiger partial charge in [-0.1, -0.05) is 67.8 Å². The van der Waals surface area contributed by atoms with Gasteiger partial charge >= 0.3 is 12.1 Å². The zero-order valence-electron chi connectivity index (χ0n) is 19.3. The third-order valence-electron chi connectivity index (χ3n) is 6.59. The molecule has 180 valence electrons. The highest BCUT2D eigenvalue weighted by molar-refractivity contribution is 5.83. The molecule has 1 fully saturated rings. The van der Waals surface area contributed by atoms with E-state index in [2.05, 4.69) is 34.9 Å². The summed E-state index contributed by atoms with van der Waals surface area (Å²) in [6.07, 6.45) is 4.61. The van der Waals surface area contributed by atoms with E-state index < -0.39 is 18.1 Å². The summed E-state index contributed by atoms with van der Waals surface area (Å²) in [4.78, 5) is 35.5. The van der Waals surface area contributed by atoms with Crippen LogP contribution in [-0.4, -0.2) is 42.3 Å². The van der Waals surface area contributed by atoms with Crippen LogP contribution in [0.25, 0.3) is 11.1 Å². The molecule has 0 bridgehead atoms. The molecule has 2 aliphatic carbocycles. The Morgan fingerprint density at radius 2 is 1.59 bits per heavy atom. The maximum atomic E-state index is 12.2. The number of nitrogens with one attached hydrogen (secondary N) is 2. The molecule has 2 aromatic rings. The molecule has 0 radical (unpaired) electrons. The zero-order chi connectivity index (χ0) is 23.9. The molecule has 1 unspecified atom stereocenters. The van der Waals surface area contributed by atoms with Crippen molar-refractivity contribution >= 4 is 18.0 Å². The third kappa shape index (κ3) is 6.16. The van der Waals surface area contributed by atoms with Crippen LogP contribution in [-0.2, 0) is 14.3 Å². The Balaban J connectivity index is 1.11. The first-order valence-electron chi connectivity index (χ1n) is 12.1. The molecule has 0 spiro atoms. The number of hydrogen-bond acceptors (Lipinski definition) is 4. The number of alkyl carbamates (subject to hydrolysis) is 1. The van der Waals surface area contributed by atoms with Crippen LogP contribution in [0, 0.1) is 5.92 Å². The monoisotopic (exact) mass is 464 g/mol. The van der Waals surface area contributed by atoms with Crippen molar-refractivity contribution < 1.29 is 24.2 Å². The lowest BCUT2D eigenvalue weighted by Crippen LogP contribution is -2.41. The molecule has 7 heteroatoms. The lowest BCUT2D eigenvalue weighted by molar-refractivity contribution is -0.142. The van der Waals surface area contributed by atoms with Gasteiger partial charge in [0.25, 0.3) is 0 Å². The Bertz CT molecular complexity index is 988. The van der Waals surface area contributed by atoms with Gasteiger partial charge in [0, 0.05) is 18.9 Å². The van der Waals surface area contributed by atoms with Crippen molar-refractivity contribution in [1.29, 1.82) is 0 Å². The highest BCUT2D eigenvalue weighted by atomic mass is 16.5. The second kappa shape index (κ2) is 11.2. The van der Waals surface area contributed by atoms with Gasteiger partial charge in [-0.05, 0) is 47.4 Å². The zero-order valence-corrected chi connectivity index (χ0v) is 19.3. The number of fused-ring (bicyclic) bond motifs is 3. The van der Waals surface area contributed by atoms with Gasteiger partial charge in [0.1, 0.15) is 12.6 Å². The Labute approximate surface area is 199 Å². The highest BCUT2D eigenvalue weighted by Gasteiger charge is 2.30. The number of aliphatic carboxylic acids is 1. The summed E-state index contributed by atoms with van der Waals surface area (Å²) in [5.74, 6) is -0.721. The van der Waals surface area contributed by atoms with Gasteiger partial charge in [0.05, 0.1) is 0 Å². The van der Waals surface area contributed by atoms with Gasteiger partial charge in [0.15, 0.2) is 0 Å². The smallest absolute Gasteiger partial charge is 0.407 e. The normalized spacial score (nSPS) is 15.2. The summed E-state index contributed by atoms with van der Waals surface area (Å²) >= 11 is 0. The average Bonchev–Trinajstić information content (AvgIpc) is 3.60. The molecule has 0 aromatic heterocycles. The molecule has 2 amide bonds. The summed E-state index contributed by atoms with van der Waals surface area (Å²) in [5, 5.41) is 14.6. The fourth-order valence-corrected chi connectivity index (χ4v) is 4.60. The number of hydrogen-bond donors (Lipinski definition) is 3. The fraction of sp³-hybridized carbons (Fsp3) is 0.444. The predicted octanol–water partition coefficient (Wildman–Crippen LogP) is 4.46. The van der Waals surface area contributed by atoms with Gasteiger partial charge in [-0.25, -0.2) is 9.59 Å². The molecular formula is C27H32N2O5. The van der Waals surface area contributed by atoms with Crippen molar-refractivity contribution in [1.82, 2.24) is 10.6 Å². The maximum absolute atomic E-state index is 12.2. The standard InChI is InChI=1S/C27H32N2O5/c30-25(29-24(26(31)32)16-18-13-14-18)12-2-1-7-15-28-27(33)34-17-23-21-10-5-3-8-19(21)20-9-4-6-11-22(20)23/h3-6,8-11,18,23-24H,1-2,7,12-17H2,(H,28,33)(H,29,30)(H,31,32). The highest BCUT2D eigenvalue weighted by Crippen LogP contribution is 2.44. The van der Waals surface area contributed by atoms with E-state index in [9.17, 15) is 19.5 Å². The molecule has 1 atom stereocenters. The molecule has 34 heavy (non-hydrogen) atoms. The van der Waals surface area contributed by atoms with Gasteiger partial charge in [-0.2, -0.15) is 0 Å². The first-order chi connectivity index (χ1) is 16.5. The van der Waals surface area contributed by atoms with Gasteiger partial charge in [-0.3, -0.25) is 4.79 Å². The average molecular weight is 465 g/mol. The molecule has 3 N–H and O–H groups in total. The summed E-state index contributed by atoms with van der Waals surface area (Å²) in [6.45, 7) is 0.753. The van der Waals surface area contributed by atoms with Crippen LogP contribution >= 0.6 is 0 Å². The van der Waals surface area contributed by atoms with Crippen LogP contribution in [0.2, 0.25) is 0 Å². The number of unbranched alkanes of at least 4 members (excludes halogenated alkanes) is 2. The van der Waals surface area contributed by atoms with Crippen molar-refractivity contribution in [3.8, 4) is 11.1 Å². The van der Waals surface area contributed by atoms with Gasteiger partial charge < -0.3 is 20.5 Å². The van der Waals surface area contributed by atoms with Crippen LogP contribution in [0.3, 0.4) is 0 Å². The number of carbonyl (C=O) groups is 3. The van der Waals surface area contributed by atoms with E-state index in [0.29, 0.717) is 31.7 Å². The summed E-state index contributed by atoms with van der Waals surface area (Å²) in [5.41, 5.74) is 4.74. The van der Waals surface area contributed by atoms with Gasteiger partial charge in [0.2, 0.25) is 5.91 Å². The molecular weight excluding hydrogens is 432 g/mol. The lowest BCUT2D eigenvalue weighted by Gasteiger charge is -2.15. The molecule has 2 aromatic carbocycles. The Morgan fingerprint density at radius 1 is 0.941 bits per heavy atom. The molecule has 0 saturated heterocycles. The van der Waals surface area contributed by atoms with Crippen LogP contribution in [0.5, 0.6) is 0 Å². The lowest BCUT2D eigenvalue weighted by atomic mass is 9.98. The topological polar surface area (TPSA) is 105 Å². The van der Waals surface area contributed by atoms with E-state index in [1.54, 1.807) is 0 Å². The number of ether oxygens (including phenoxy) is 1. The molecule has 2 aliphatic rings. The van der Waals surface area contributed by atoms with E-state index in [-0.39, 0.29) is 18.4 Å². The third-order valence-corrected chi connectivity index (χ3v) is 6.59. The van der Waals surface area contributed by atoms with Crippen molar-refractivity contribution in [2.45, 2.75) is 56.9 Å². The minimum Gasteiger partial charge on any atom is -0.480 e. The van der Waals surface area contributed by atoms with Gasteiger partial charge in [-0.15, -0.1) is 0 Å². The molecule has 0 aliphatic heterocycles. The minimum absolute atomic E-state index is 0.0335. The second-order valence-corrected chi connectivity index (χ2v) is 9.20. The number of carbonyl (C=O) groups excluding carboxylic acids is 2. The fourth-order valence-electron chi connectivity index (χ4n) is 4.60. The minimum atomic E-state index is -0.965. The summed E-state index contributed by atoms with van der Waals surface area (Å²) in [7, 11) is 0. The molecule has 0 heterocycles. The Morgan fingerprint density at radius 3 is 2.21 bits per heavy atom. The van der Waals surface area contributed by atoms with Crippen molar-refractivity contribution in [2.24, 2.45) is 5.92 Å². The van der Waals surface area contributed by atoms with Crippen molar-refractivity contribution in [2.75, 3.05) is 13.2 Å². The first kappa shape index (κ1) is 23.8. The van der Waals surface area contributed by atoms with Crippen LogP contribution in [0.4, 0.5) is 4.79 Å². The van der Waals surface area contributed by atoms with Crippen LogP contribution in [0.1, 0.15) is 62.0 Å². The predicted molar refractivity (Wildman–Crippen MR) is 128 cm³/mol. The van der Waals surface area contributed by atoms with E-state index in [1.165, 1.54) is 22.3 Å². The quantitative estimate of drug-likeness (QED) is 0.403. The van der Waals surface area contributed by atoms with Crippen molar-refractivity contribution in [3.05, 3.63) is 59.7 Å². The SMILES string of the molecule is O=C(CCCCCNC(=O)OCC1c2ccccc2-c2ccccc21)NC(CC1CC1)C(=O)O. The van der Waals surface area contributed by atoms with E-state index in [1.807, 2.05) is 24.3 Å². The number of amides is 2. The molecule has 4 rings (SSSR count). The summed E-state index contributed by atoms with van der Waals surface area (Å²) < 4.78 is 5.52. The maximum Gasteiger partial charge on any atom is 0.407 e. The number of carboxylic acid groups (broad SMARTS) is 1. The number of benzene rings is 2. The largest absolute Gasteiger partial charge is 0.480 e. The number of carboxylic acids is 1. The molecule has 1 saturated carbocycles. The number of rotatable bonds is 12. The van der Waals surface area contributed by atoms with Crippen molar-refractivity contribution in [3.63, 3.8) is 0 Å². The Kier molecular flexibility index (Phi) is 7.83. The summed E-state index contributed by atoms with van der Waals surface area (Å²) in [6, 6.07) is 15.6. The Hall–Kier alpha value is -3.35. The van der Waals surface area contributed by atoms with Crippen LogP contribution < -0.4 is 10.6 Å². The van der Waals surface area contributed by atoms with Crippen LogP contribution in [0.15, 0.2) is 48.5 Å². The second-order valence-electron chi connectivity index (χ2n) is 9.20. The van der Waals surface area contributed by atoms with E-state index in [0.717, 1.165) is 25.7 Å². The molecule has 7 nitrogen and oxygen atoms in total.